The van der Waals surface area contributed by atoms with E-state index in [1.807, 2.05) is 84.9 Å². The van der Waals surface area contributed by atoms with Gasteiger partial charge >= 0.3 is 0 Å². The minimum absolute atomic E-state index is 0.114. The van der Waals surface area contributed by atoms with Gasteiger partial charge in [-0.1, -0.05) is 96.1 Å². The highest BCUT2D eigenvalue weighted by Gasteiger charge is 2.25. The fourth-order valence-electron chi connectivity index (χ4n) is 12.2. The molecule has 0 saturated heterocycles. The number of carbonyl (C=O) groups is 2. The number of H-pyrrole nitrogens is 2. The lowest BCUT2D eigenvalue weighted by Gasteiger charge is -2.22. The van der Waals surface area contributed by atoms with Gasteiger partial charge < -0.3 is 25.7 Å². The fraction of sp³-hybridized carbons (Fsp3) is 0.151. The number of aromatic hydroxyl groups is 1. The number of phenols is 1. The van der Waals surface area contributed by atoms with Crippen LogP contribution in [0.15, 0.2) is 170 Å². The smallest absolute Gasteiger partial charge is 0.259 e. The lowest BCUT2D eigenvalue weighted by atomic mass is 9.92. The molecule has 2 aliphatic heterocycles. The number of pyridine rings is 2. The van der Waals surface area contributed by atoms with Gasteiger partial charge in [-0.3, -0.25) is 24.5 Å². The van der Waals surface area contributed by atoms with Crippen LogP contribution in [0.5, 0.6) is 5.75 Å². The van der Waals surface area contributed by atoms with E-state index in [1.165, 1.54) is 6.07 Å². The third-order valence-electron chi connectivity index (χ3n) is 15.9. The van der Waals surface area contributed by atoms with Gasteiger partial charge in [-0.25, -0.2) is 9.97 Å². The Morgan fingerprint density at radius 2 is 0.859 bits per heavy atom. The predicted molar refractivity (Wildman–Crippen MR) is 346 cm³/mol. The van der Waals surface area contributed by atoms with Crippen molar-refractivity contribution >= 4 is 69.6 Å². The number of amides is 2. The van der Waals surface area contributed by atoms with Crippen LogP contribution >= 0.6 is 0 Å². The molecule has 0 spiro atoms. The molecule has 0 unspecified atom stereocenters. The number of nitrogens with one attached hydrogen (secondary N) is 4. The number of aryl methyl sites for hydroxylation is 6. The monoisotopic (exact) mass is 1120 g/mol. The number of para-hydroxylation sites is 3. The molecule has 0 atom stereocenters. The minimum atomic E-state index is -0.446. The molecule has 12 nitrogen and oxygen atoms in total. The van der Waals surface area contributed by atoms with E-state index in [4.69, 9.17) is 9.97 Å². The van der Waals surface area contributed by atoms with Gasteiger partial charge in [-0.2, -0.15) is 0 Å². The van der Waals surface area contributed by atoms with Gasteiger partial charge in [0.05, 0.1) is 34.9 Å². The maximum atomic E-state index is 14.7. The van der Waals surface area contributed by atoms with Crippen molar-refractivity contribution in [2.75, 3.05) is 30.3 Å². The Morgan fingerprint density at radius 1 is 0.459 bits per heavy atom. The third kappa shape index (κ3) is 11.6. The van der Waals surface area contributed by atoms with Crippen molar-refractivity contribution in [2.45, 2.75) is 54.4 Å². The van der Waals surface area contributed by atoms with E-state index in [9.17, 15) is 14.7 Å². The number of fused-ring (bicyclic) bond motifs is 8. The number of rotatable bonds is 15. The minimum Gasteiger partial charge on any atom is -0.507 e. The second-order valence-electron chi connectivity index (χ2n) is 22.1. The molecular formula is C73H65N9O3. The first-order valence-corrected chi connectivity index (χ1v) is 28.8. The maximum absolute atomic E-state index is 14.7. The van der Waals surface area contributed by atoms with Crippen LogP contribution in [0.1, 0.15) is 77.9 Å². The van der Waals surface area contributed by atoms with E-state index in [1.54, 1.807) is 30.6 Å². The van der Waals surface area contributed by atoms with Crippen molar-refractivity contribution in [3.8, 4) is 50.3 Å². The van der Waals surface area contributed by atoms with Crippen molar-refractivity contribution < 1.29 is 14.7 Å². The number of carbonyl (C=O) groups excluding carboxylic acids is 2. The molecule has 10 aromatic rings. The SMILES string of the molecule is Cc1cc(C)c(-c2c3nc(c(-c4ccccc4NC(=O)c4ccccc4O)c4ccc([nH]4)c(-c4c(C)cc(C)cc4C)c4nc(c(-c5ccccc5NC(=O)CN(CCc5ccccn5)CCc5ccccn5)c5ccc2[nH]5)C=C4)C=C3)c(C)c1. The van der Waals surface area contributed by atoms with Gasteiger partial charge in [0.2, 0.25) is 5.91 Å². The first-order valence-electron chi connectivity index (χ1n) is 28.8. The summed E-state index contributed by atoms with van der Waals surface area (Å²) in [5.74, 6) is -0.707. The molecule has 420 valence electrons. The van der Waals surface area contributed by atoms with E-state index < -0.39 is 5.91 Å². The fourth-order valence-corrected chi connectivity index (χ4v) is 12.2. The Hall–Kier alpha value is -10.3. The van der Waals surface area contributed by atoms with E-state index in [0.29, 0.717) is 48.7 Å². The normalized spacial score (nSPS) is 11.8. The summed E-state index contributed by atoms with van der Waals surface area (Å²) in [5, 5.41) is 17.3. The van der Waals surface area contributed by atoms with Crippen molar-refractivity contribution in [3.63, 3.8) is 0 Å². The number of aromatic nitrogens is 6. The number of hydrogen-bond acceptors (Lipinski definition) is 8. The molecule has 0 radical (unpaired) electrons. The second-order valence-corrected chi connectivity index (χ2v) is 22.1. The first kappa shape index (κ1) is 55.2. The van der Waals surface area contributed by atoms with Crippen LogP contribution in [0, 0.1) is 41.5 Å². The summed E-state index contributed by atoms with van der Waals surface area (Å²) < 4.78 is 0. The number of benzene rings is 5. The van der Waals surface area contributed by atoms with Gasteiger partial charge in [0.15, 0.2) is 0 Å². The number of hydrogen-bond donors (Lipinski definition) is 5. The number of anilines is 2. The summed E-state index contributed by atoms with van der Waals surface area (Å²) in [6.07, 6.45) is 13.3. The number of nitrogens with zero attached hydrogens (tertiary/aromatic N) is 5. The summed E-state index contributed by atoms with van der Waals surface area (Å²) in [6.45, 7) is 14.2. The molecule has 5 N–H and O–H groups in total. The molecule has 7 heterocycles. The summed E-state index contributed by atoms with van der Waals surface area (Å²) in [6, 6.07) is 51.3. The molecule has 12 heteroatoms. The van der Waals surface area contributed by atoms with E-state index in [-0.39, 0.29) is 23.8 Å². The van der Waals surface area contributed by atoms with Crippen molar-refractivity contribution in [2.24, 2.45) is 0 Å². The Kier molecular flexibility index (Phi) is 15.5. The molecule has 0 fully saturated rings. The summed E-state index contributed by atoms with van der Waals surface area (Å²) >= 11 is 0. The molecule has 12 rings (SSSR count). The Balaban J connectivity index is 1.09. The lowest BCUT2D eigenvalue weighted by molar-refractivity contribution is -0.117. The second kappa shape index (κ2) is 23.9. The molecule has 0 aliphatic carbocycles. The highest BCUT2D eigenvalue weighted by Crippen LogP contribution is 2.43. The topological polar surface area (TPSA) is 165 Å². The number of phenolic OH excluding ortho intramolecular Hbond substituents is 1. The molecule has 85 heavy (non-hydrogen) atoms. The quantitative estimate of drug-likeness (QED) is 0.0677. The van der Waals surface area contributed by atoms with Gasteiger partial charge in [0.1, 0.15) is 5.75 Å². The Labute approximate surface area is 494 Å². The van der Waals surface area contributed by atoms with Crippen LogP contribution in [0.3, 0.4) is 0 Å². The zero-order valence-corrected chi connectivity index (χ0v) is 48.5. The molecule has 0 saturated carbocycles. The molecule has 8 bridgehead atoms. The standard InChI is InChI=1S/C73H65N9O3/c1-44-39-46(3)67(47(4)40-44)71-61-29-25-57(76-61)69(52-19-7-10-22-55(52)80-66(84)43-82(37-33-50-17-13-15-35-74-50)38-34-51-18-14-16-36-75-51)58-26-30-62(77-58)72(68-48(5)41-45(2)42-49(68)6)64-32-28-60(79-64)70(59-27-31-63(71)78-59)53-20-8-11-23-56(53)81-73(85)54-21-9-12-24-65(54)83/h7-32,35-36,39-42,76,79,83H,33-34,37-38,43H2,1-6H3,(H,80,84)(H,81,85). The molecule has 5 aromatic heterocycles. The van der Waals surface area contributed by atoms with Crippen molar-refractivity contribution in [3.05, 3.63) is 243 Å². The maximum Gasteiger partial charge on any atom is 0.259 e. The average molecular weight is 1120 g/mol. The van der Waals surface area contributed by atoms with Crippen LogP contribution in [0.4, 0.5) is 11.4 Å². The van der Waals surface area contributed by atoms with Crippen molar-refractivity contribution in [1.29, 1.82) is 0 Å². The summed E-state index contributed by atoms with van der Waals surface area (Å²) in [7, 11) is 0. The molecule has 2 amide bonds. The molecule has 5 aromatic carbocycles. The van der Waals surface area contributed by atoms with Crippen LogP contribution in [-0.2, 0) is 17.6 Å². The van der Waals surface area contributed by atoms with Gasteiger partial charge in [-0.15, -0.1) is 0 Å². The lowest BCUT2D eigenvalue weighted by Crippen LogP contribution is -2.36. The molecule has 2 aliphatic rings. The van der Waals surface area contributed by atoms with Crippen LogP contribution < -0.4 is 10.6 Å². The van der Waals surface area contributed by atoms with Crippen molar-refractivity contribution in [1.82, 2.24) is 34.8 Å². The van der Waals surface area contributed by atoms with Crippen LogP contribution in [0.2, 0.25) is 0 Å². The Morgan fingerprint density at radius 3 is 1.31 bits per heavy atom. The van der Waals surface area contributed by atoms with Crippen LogP contribution in [0.25, 0.3) is 90.9 Å². The van der Waals surface area contributed by atoms with Gasteiger partial charge in [0.25, 0.3) is 5.91 Å². The predicted octanol–water partition coefficient (Wildman–Crippen LogP) is 15.6. The summed E-state index contributed by atoms with van der Waals surface area (Å²) in [4.78, 5) is 59.1. The highest BCUT2D eigenvalue weighted by atomic mass is 16.3. The number of aromatic amines is 2. The zero-order valence-electron chi connectivity index (χ0n) is 48.5. The molecular weight excluding hydrogens is 1050 g/mol. The third-order valence-corrected chi connectivity index (χ3v) is 15.9. The average Bonchev–Trinajstić information content (AvgIpc) is 4.02. The van der Waals surface area contributed by atoms with E-state index >= 15 is 0 Å². The Bertz CT molecular complexity index is 4340. The van der Waals surface area contributed by atoms with Crippen LogP contribution in [-0.4, -0.2) is 71.4 Å². The first-order chi connectivity index (χ1) is 41.3. The van der Waals surface area contributed by atoms with Gasteiger partial charge in [-0.05, 0) is 172 Å². The largest absolute Gasteiger partial charge is 0.507 e. The highest BCUT2D eigenvalue weighted by molar-refractivity contribution is 6.10. The summed E-state index contributed by atoms with van der Waals surface area (Å²) in [5.41, 5.74) is 23.0. The van der Waals surface area contributed by atoms with E-state index in [0.717, 1.165) is 123 Å². The van der Waals surface area contributed by atoms with Gasteiger partial charge in [0, 0.05) is 117 Å². The zero-order chi connectivity index (χ0) is 58.7. The van der Waals surface area contributed by atoms with E-state index in [2.05, 4.69) is 150 Å².